The molecule has 9 nitrogen and oxygen atoms in total. The van der Waals surface area contributed by atoms with E-state index in [4.69, 9.17) is 20.4 Å². The molecule has 2 aromatic carbocycles. The van der Waals surface area contributed by atoms with Gasteiger partial charge in [0.05, 0.1) is 30.1 Å². The summed E-state index contributed by atoms with van der Waals surface area (Å²) in [6, 6.07) is 15.2. The Hall–Kier alpha value is -3.98. The van der Waals surface area contributed by atoms with E-state index in [0.29, 0.717) is 30.5 Å². The smallest absolute Gasteiger partial charge is 0.248 e. The van der Waals surface area contributed by atoms with Crippen LogP contribution < -0.4 is 16.0 Å². The Labute approximate surface area is 191 Å². The lowest BCUT2D eigenvalue weighted by atomic mass is 10.1. The molecule has 1 saturated heterocycles. The monoisotopic (exact) mass is 443 g/mol. The van der Waals surface area contributed by atoms with Crippen LogP contribution in [0.3, 0.4) is 0 Å². The van der Waals surface area contributed by atoms with Crippen LogP contribution in [0, 0.1) is 6.92 Å². The molecule has 0 bridgehead atoms. The molecular weight excluding hydrogens is 418 g/mol. The Morgan fingerprint density at radius 3 is 2.55 bits per heavy atom. The van der Waals surface area contributed by atoms with Gasteiger partial charge in [-0.25, -0.2) is 4.98 Å². The normalized spacial score (nSPS) is 13.9. The van der Waals surface area contributed by atoms with E-state index >= 15 is 0 Å². The molecule has 0 aliphatic carbocycles. The largest absolute Gasteiger partial charge is 0.378 e. The molecule has 0 saturated carbocycles. The zero-order valence-electron chi connectivity index (χ0n) is 18.6. The summed E-state index contributed by atoms with van der Waals surface area (Å²) < 4.78 is 7.38. The van der Waals surface area contributed by atoms with Crippen molar-refractivity contribution < 1.29 is 9.53 Å². The van der Waals surface area contributed by atoms with Gasteiger partial charge in [-0.15, -0.1) is 0 Å². The number of nitrogens with one attached hydrogen (secondary N) is 1. The van der Waals surface area contributed by atoms with Gasteiger partial charge in [0.2, 0.25) is 11.9 Å². The van der Waals surface area contributed by atoms with Crippen molar-refractivity contribution in [1.82, 2.24) is 19.7 Å². The van der Waals surface area contributed by atoms with E-state index in [0.717, 1.165) is 46.6 Å². The third-order valence-electron chi connectivity index (χ3n) is 5.78. The second-order valence-corrected chi connectivity index (χ2v) is 8.05. The molecule has 0 unspecified atom stereocenters. The first kappa shape index (κ1) is 20.9. The molecule has 1 aliphatic rings. The second kappa shape index (κ2) is 8.51. The van der Waals surface area contributed by atoms with Crippen molar-refractivity contribution in [3.8, 4) is 11.3 Å². The quantitative estimate of drug-likeness (QED) is 0.488. The fraction of sp³-hybridized carbons (Fsp3) is 0.250. The highest BCUT2D eigenvalue weighted by Gasteiger charge is 2.17. The SMILES string of the molecule is Cc1nn(C)c2cc(-c3cc(Nc4ccc(C(N)=O)cc4)nc(N4CCOCC4)n3)ccc12. The number of benzene rings is 2. The van der Waals surface area contributed by atoms with Crippen molar-refractivity contribution in [2.45, 2.75) is 6.92 Å². The summed E-state index contributed by atoms with van der Waals surface area (Å²) in [5.41, 5.74) is 10.4. The first-order valence-electron chi connectivity index (χ1n) is 10.8. The first-order valence-corrected chi connectivity index (χ1v) is 10.8. The van der Waals surface area contributed by atoms with Gasteiger partial charge in [0, 0.05) is 48.4 Å². The van der Waals surface area contributed by atoms with Crippen molar-refractivity contribution in [2.75, 3.05) is 36.5 Å². The van der Waals surface area contributed by atoms with Gasteiger partial charge >= 0.3 is 0 Å². The molecule has 1 fully saturated rings. The molecule has 0 atom stereocenters. The fourth-order valence-electron chi connectivity index (χ4n) is 4.01. The van der Waals surface area contributed by atoms with E-state index in [1.54, 1.807) is 24.3 Å². The maximum absolute atomic E-state index is 11.4. The number of primary amides is 1. The Bertz CT molecular complexity index is 1320. The minimum Gasteiger partial charge on any atom is -0.378 e. The molecule has 1 aliphatic heterocycles. The number of fused-ring (bicyclic) bond motifs is 1. The van der Waals surface area contributed by atoms with Crippen LogP contribution in [-0.4, -0.2) is 52.0 Å². The number of nitrogens with zero attached hydrogens (tertiary/aromatic N) is 5. The lowest BCUT2D eigenvalue weighted by Crippen LogP contribution is -2.37. The minimum absolute atomic E-state index is 0.456. The summed E-state index contributed by atoms with van der Waals surface area (Å²) in [5, 5.41) is 8.98. The number of morpholine rings is 1. The number of amides is 1. The third-order valence-corrected chi connectivity index (χ3v) is 5.78. The molecule has 168 valence electrons. The van der Waals surface area contributed by atoms with Crippen LogP contribution in [-0.2, 0) is 11.8 Å². The number of aryl methyl sites for hydroxylation is 2. The number of hydrogen-bond acceptors (Lipinski definition) is 7. The molecule has 33 heavy (non-hydrogen) atoms. The van der Waals surface area contributed by atoms with Crippen molar-refractivity contribution in [3.63, 3.8) is 0 Å². The lowest BCUT2D eigenvalue weighted by Gasteiger charge is -2.27. The van der Waals surface area contributed by atoms with Gasteiger partial charge in [0.1, 0.15) is 5.82 Å². The number of carbonyl (C=O) groups excluding carboxylic acids is 1. The van der Waals surface area contributed by atoms with Crippen molar-refractivity contribution >= 4 is 34.3 Å². The van der Waals surface area contributed by atoms with Crippen molar-refractivity contribution in [2.24, 2.45) is 12.8 Å². The van der Waals surface area contributed by atoms with Crippen LogP contribution in [0.25, 0.3) is 22.2 Å². The van der Waals surface area contributed by atoms with Crippen LogP contribution in [0.5, 0.6) is 0 Å². The van der Waals surface area contributed by atoms with E-state index < -0.39 is 5.91 Å². The van der Waals surface area contributed by atoms with Crippen molar-refractivity contribution in [1.29, 1.82) is 0 Å². The highest BCUT2D eigenvalue weighted by molar-refractivity contribution is 5.93. The molecule has 3 heterocycles. The van der Waals surface area contributed by atoms with Crippen LogP contribution in [0.15, 0.2) is 48.5 Å². The Morgan fingerprint density at radius 2 is 1.82 bits per heavy atom. The number of aromatic nitrogens is 4. The Balaban J connectivity index is 1.55. The predicted molar refractivity (Wildman–Crippen MR) is 128 cm³/mol. The Kier molecular flexibility index (Phi) is 5.39. The molecular formula is C24H25N7O2. The number of anilines is 3. The summed E-state index contributed by atoms with van der Waals surface area (Å²) in [6.07, 6.45) is 0. The third kappa shape index (κ3) is 4.22. The van der Waals surface area contributed by atoms with Gasteiger partial charge in [0.25, 0.3) is 0 Å². The number of hydrogen-bond donors (Lipinski definition) is 2. The summed E-state index contributed by atoms with van der Waals surface area (Å²) in [5.74, 6) is 0.851. The fourth-order valence-corrected chi connectivity index (χ4v) is 4.01. The van der Waals surface area contributed by atoms with Crippen LogP contribution >= 0.6 is 0 Å². The number of nitrogens with two attached hydrogens (primary N) is 1. The van der Waals surface area contributed by atoms with Crippen molar-refractivity contribution in [3.05, 3.63) is 59.8 Å². The van der Waals surface area contributed by atoms with E-state index in [1.807, 2.05) is 24.7 Å². The van der Waals surface area contributed by atoms with Gasteiger partial charge in [-0.1, -0.05) is 12.1 Å². The average Bonchev–Trinajstić information content (AvgIpc) is 3.12. The van der Waals surface area contributed by atoms with E-state index in [2.05, 4.69) is 33.5 Å². The molecule has 4 aromatic rings. The second-order valence-electron chi connectivity index (χ2n) is 8.05. The summed E-state index contributed by atoms with van der Waals surface area (Å²) in [6.45, 7) is 4.76. The van der Waals surface area contributed by atoms with Gasteiger partial charge in [0.15, 0.2) is 0 Å². The maximum atomic E-state index is 11.4. The lowest BCUT2D eigenvalue weighted by molar-refractivity contribution is 0.100. The average molecular weight is 444 g/mol. The van der Waals surface area contributed by atoms with Gasteiger partial charge in [-0.2, -0.15) is 10.1 Å². The molecule has 5 rings (SSSR count). The number of rotatable bonds is 5. The molecule has 9 heteroatoms. The first-order chi connectivity index (χ1) is 16.0. The molecule has 3 N–H and O–H groups in total. The van der Waals surface area contributed by atoms with Gasteiger partial charge < -0.3 is 20.7 Å². The standard InChI is InChI=1S/C24H25N7O2/c1-15-19-8-5-17(13-21(19)30(2)29-15)20-14-22(26-18-6-3-16(4-7-18)23(25)32)28-24(27-20)31-9-11-33-12-10-31/h3-8,13-14H,9-12H2,1-2H3,(H2,25,32)(H,26,27,28). The zero-order valence-corrected chi connectivity index (χ0v) is 18.6. The molecule has 0 spiro atoms. The van der Waals surface area contributed by atoms with E-state index in [1.165, 1.54) is 0 Å². The summed E-state index contributed by atoms with van der Waals surface area (Å²) in [7, 11) is 1.95. The minimum atomic E-state index is -0.457. The molecule has 2 aromatic heterocycles. The Morgan fingerprint density at radius 1 is 1.06 bits per heavy atom. The van der Waals surface area contributed by atoms with Gasteiger partial charge in [-0.3, -0.25) is 9.48 Å². The predicted octanol–water partition coefficient (Wildman–Crippen LogP) is 3.02. The van der Waals surface area contributed by atoms with Crippen LogP contribution in [0.4, 0.5) is 17.5 Å². The summed E-state index contributed by atoms with van der Waals surface area (Å²) >= 11 is 0. The zero-order chi connectivity index (χ0) is 22.9. The highest BCUT2D eigenvalue weighted by atomic mass is 16.5. The highest BCUT2D eigenvalue weighted by Crippen LogP contribution is 2.29. The number of carbonyl (C=O) groups is 1. The van der Waals surface area contributed by atoms with E-state index in [9.17, 15) is 4.79 Å². The van der Waals surface area contributed by atoms with Crippen LogP contribution in [0.2, 0.25) is 0 Å². The maximum Gasteiger partial charge on any atom is 0.248 e. The molecule has 1 amide bonds. The summed E-state index contributed by atoms with van der Waals surface area (Å²) in [4.78, 5) is 23.1. The number of ether oxygens (including phenoxy) is 1. The molecule has 0 radical (unpaired) electrons. The van der Waals surface area contributed by atoms with E-state index in [-0.39, 0.29) is 0 Å². The van der Waals surface area contributed by atoms with Crippen LogP contribution in [0.1, 0.15) is 16.1 Å². The van der Waals surface area contributed by atoms with Gasteiger partial charge in [-0.05, 0) is 37.3 Å². The topological polar surface area (TPSA) is 111 Å².